The number of hydrogen-bond acceptors (Lipinski definition) is 8. The lowest BCUT2D eigenvalue weighted by molar-refractivity contribution is -0.141. The second-order valence-corrected chi connectivity index (χ2v) is 10.8. The van der Waals surface area contributed by atoms with E-state index in [0.29, 0.717) is 28.1 Å². The van der Waals surface area contributed by atoms with Crippen molar-refractivity contribution < 1.29 is 36.6 Å². The van der Waals surface area contributed by atoms with Gasteiger partial charge in [-0.15, -0.1) is 0 Å². The maximum Gasteiger partial charge on any atom is 0.325 e. The fourth-order valence-electron chi connectivity index (χ4n) is 4.01. The molecule has 1 atom stereocenters. The Balaban J connectivity index is 1.77. The average molecular weight is 538 g/mol. The minimum Gasteiger partial charge on any atom is -0.493 e. The Morgan fingerprint density at radius 1 is 1.11 bits per heavy atom. The van der Waals surface area contributed by atoms with Crippen molar-refractivity contribution in [3.05, 3.63) is 47.0 Å². The Labute approximate surface area is 210 Å². The van der Waals surface area contributed by atoms with Crippen molar-refractivity contribution in [2.75, 3.05) is 27.9 Å². The van der Waals surface area contributed by atoms with E-state index in [4.69, 9.17) is 14.2 Å². The van der Waals surface area contributed by atoms with Crippen molar-refractivity contribution in [2.24, 2.45) is 4.99 Å². The van der Waals surface area contributed by atoms with Crippen LogP contribution in [0, 0.1) is 5.82 Å². The van der Waals surface area contributed by atoms with Gasteiger partial charge in [-0.3, -0.25) is 9.59 Å². The second kappa shape index (κ2) is 10.4. The Morgan fingerprint density at radius 2 is 1.78 bits per heavy atom. The molecule has 2 aromatic carbocycles. The molecule has 36 heavy (non-hydrogen) atoms. The molecule has 1 saturated heterocycles. The van der Waals surface area contributed by atoms with E-state index >= 15 is 0 Å². The smallest absolute Gasteiger partial charge is 0.325 e. The summed E-state index contributed by atoms with van der Waals surface area (Å²) in [6.45, 7) is -0.0883. The van der Waals surface area contributed by atoms with Crippen LogP contribution in [0.25, 0.3) is 10.2 Å². The lowest BCUT2D eigenvalue weighted by Crippen LogP contribution is -2.40. The van der Waals surface area contributed by atoms with Gasteiger partial charge in [-0.1, -0.05) is 11.3 Å². The number of esters is 1. The van der Waals surface area contributed by atoms with E-state index in [1.165, 1.54) is 38.0 Å². The minimum atomic E-state index is -4.04. The number of carbonyl (C=O) groups is 2. The van der Waals surface area contributed by atoms with Crippen LogP contribution >= 0.6 is 11.3 Å². The highest BCUT2D eigenvalue weighted by Gasteiger charge is 2.39. The van der Waals surface area contributed by atoms with Gasteiger partial charge in [0, 0.05) is 18.7 Å². The van der Waals surface area contributed by atoms with Crippen LogP contribution in [0.5, 0.6) is 11.5 Å². The highest BCUT2D eigenvalue weighted by molar-refractivity contribution is 7.89. The van der Waals surface area contributed by atoms with Crippen molar-refractivity contribution in [2.45, 2.75) is 30.3 Å². The van der Waals surface area contributed by atoms with Crippen molar-refractivity contribution in [1.82, 2.24) is 8.87 Å². The summed E-state index contributed by atoms with van der Waals surface area (Å²) in [4.78, 5) is 29.7. The van der Waals surface area contributed by atoms with E-state index in [1.807, 2.05) is 0 Å². The summed E-state index contributed by atoms with van der Waals surface area (Å²) in [5.74, 6) is -0.901. The number of hydrogen-bond donors (Lipinski definition) is 0. The Morgan fingerprint density at radius 3 is 2.42 bits per heavy atom. The lowest BCUT2D eigenvalue weighted by Gasteiger charge is -2.21. The van der Waals surface area contributed by atoms with E-state index in [9.17, 15) is 22.4 Å². The predicted octanol–water partition coefficient (Wildman–Crippen LogP) is 2.31. The molecule has 10 nitrogen and oxygen atoms in total. The lowest BCUT2D eigenvalue weighted by atomic mass is 10.2. The van der Waals surface area contributed by atoms with Gasteiger partial charge in [0.25, 0.3) is 5.91 Å². The quantitative estimate of drug-likeness (QED) is 0.425. The van der Waals surface area contributed by atoms with E-state index in [0.717, 1.165) is 27.8 Å². The van der Waals surface area contributed by atoms with Gasteiger partial charge in [0.15, 0.2) is 16.3 Å². The number of nitrogens with zero attached hydrogens (tertiary/aromatic N) is 3. The minimum absolute atomic E-state index is 0.106. The molecule has 1 unspecified atom stereocenters. The number of ether oxygens (including phenoxy) is 3. The molecule has 1 amide bonds. The molecule has 0 saturated carbocycles. The SMILES string of the molecule is COC(=O)Cn1c(=NC(=O)C2CCCN2S(=O)(=O)c2ccc(F)cc2)sc2cc(OC)c(OC)cc21. The largest absolute Gasteiger partial charge is 0.493 e. The number of halogens is 1. The molecule has 2 heterocycles. The number of benzene rings is 2. The summed E-state index contributed by atoms with van der Waals surface area (Å²) in [6, 6.07) is 6.78. The normalized spacial score (nSPS) is 16.9. The molecular weight excluding hydrogens is 513 g/mol. The van der Waals surface area contributed by atoms with Crippen molar-refractivity contribution >= 4 is 43.5 Å². The molecule has 0 N–H and O–H groups in total. The van der Waals surface area contributed by atoms with Crippen LogP contribution in [0.1, 0.15) is 12.8 Å². The molecule has 0 spiro atoms. The van der Waals surface area contributed by atoms with Gasteiger partial charge in [-0.05, 0) is 37.1 Å². The van der Waals surface area contributed by atoms with Gasteiger partial charge >= 0.3 is 5.97 Å². The topological polar surface area (TPSA) is 116 Å². The number of aromatic nitrogens is 1. The zero-order valence-electron chi connectivity index (χ0n) is 19.8. The second-order valence-electron chi connectivity index (χ2n) is 7.90. The molecule has 1 aromatic heterocycles. The van der Waals surface area contributed by atoms with Crippen LogP contribution in [0.15, 0.2) is 46.3 Å². The highest BCUT2D eigenvalue weighted by Crippen LogP contribution is 2.33. The summed E-state index contributed by atoms with van der Waals surface area (Å²) in [7, 11) is 0.176. The number of carbonyl (C=O) groups excluding carboxylic acids is 2. The fraction of sp³-hybridized carbons (Fsp3) is 0.348. The summed E-state index contributed by atoms with van der Waals surface area (Å²) < 4.78 is 58.4. The van der Waals surface area contributed by atoms with Crippen LogP contribution in [-0.2, 0) is 30.9 Å². The van der Waals surface area contributed by atoms with Gasteiger partial charge in [0.2, 0.25) is 10.0 Å². The molecule has 4 rings (SSSR count). The zero-order valence-corrected chi connectivity index (χ0v) is 21.4. The third kappa shape index (κ3) is 4.86. The standard InChI is InChI=1S/C23H24FN3O7S2/c1-32-18-11-17-20(12-19(18)33-2)35-23(26(17)13-21(28)34-3)25-22(29)16-5-4-10-27(16)36(30,31)15-8-6-14(24)7-9-15/h6-9,11-12,16H,4-5,10,13H2,1-3H3. The van der Waals surface area contributed by atoms with E-state index in [-0.39, 0.29) is 29.2 Å². The number of thiazole rings is 1. The number of amides is 1. The van der Waals surface area contributed by atoms with Gasteiger partial charge in [-0.25, -0.2) is 12.8 Å². The van der Waals surface area contributed by atoms with Crippen LogP contribution in [0.4, 0.5) is 4.39 Å². The first-order chi connectivity index (χ1) is 17.2. The van der Waals surface area contributed by atoms with Crippen molar-refractivity contribution in [3.63, 3.8) is 0 Å². The van der Waals surface area contributed by atoms with E-state index in [1.54, 1.807) is 12.1 Å². The fourth-order valence-corrected chi connectivity index (χ4v) is 6.71. The first-order valence-corrected chi connectivity index (χ1v) is 13.1. The molecule has 1 aliphatic rings. The van der Waals surface area contributed by atoms with E-state index in [2.05, 4.69) is 4.99 Å². The predicted molar refractivity (Wildman–Crippen MR) is 129 cm³/mol. The number of sulfonamides is 1. The molecule has 192 valence electrons. The Kier molecular flexibility index (Phi) is 7.43. The maximum absolute atomic E-state index is 13.3. The molecule has 0 radical (unpaired) electrons. The van der Waals surface area contributed by atoms with Gasteiger partial charge in [-0.2, -0.15) is 9.30 Å². The molecule has 1 aliphatic heterocycles. The Hall–Kier alpha value is -3.29. The van der Waals surface area contributed by atoms with E-state index < -0.39 is 33.8 Å². The first kappa shape index (κ1) is 25.8. The van der Waals surface area contributed by atoms with Crippen LogP contribution in [0.3, 0.4) is 0 Å². The van der Waals surface area contributed by atoms with Gasteiger partial charge < -0.3 is 18.8 Å². The molecule has 0 aliphatic carbocycles. The molecule has 0 bridgehead atoms. The molecule has 3 aromatic rings. The summed E-state index contributed by atoms with van der Waals surface area (Å²) in [6.07, 6.45) is 0.752. The average Bonchev–Trinajstić information content (AvgIpc) is 3.49. The third-order valence-electron chi connectivity index (χ3n) is 5.82. The summed E-state index contributed by atoms with van der Waals surface area (Å²) in [5.41, 5.74) is 0.566. The monoisotopic (exact) mass is 537 g/mol. The summed E-state index contributed by atoms with van der Waals surface area (Å²) >= 11 is 1.14. The van der Waals surface area contributed by atoms with Crippen molar-refractivity contribution in [3.8, 4) is 11.5 Å². The van der Waals surface area contributed by atoms with Crippen molar-refractivity contribution in [1.29, 1.82) is 0 Å². The number of rotatable bonds is 7. The van der Waals surface area contributed by atoms with Gasteiger partial charge in [0.1, 0.15) is 18.4 Å². The summed E-state index contributed by atoms with van der Waals surface area (Å²) in [5, 5.41) is 0. The van der Waals surface area contributed by atoms with Crippen LogP contribution < -0.4 is 14.3 Å². The molecule has 1 fully saturated rings. The van der Waals surface area contributed by atoms with Crippen LogP contribution in [0.2, 0.25) is 0 Å². The molecular formula is C23H24FN3O7S2. The maximum atomic E-state index is 13.3. The Bertz CT molecular complexity index is 1480. The third-order valence-corrected chi connectivity index (χ3v) is 8.78. The number of methoxy groups -OCH3 is 3. The van der Waals surface area contributed by atoms with Gasteiger partial charge in [0.05, 0.1) is 36.4 Å². The van der Waals surface area contributed by atoms with Crippen LogP contribution in [-0.4, -0.2) is 63.1 Å². The highest BCUT2D eigenvalue weighted by atomic mass is 32.2. The number of fused-ring (bicyclic) bond motifs is 1. The first-order valence-electron chi connectivity index (χ1n) is 10.9. The zero-order chi connectivity index (χ0) is 26.0. The molecule has 13 heteroatoms.